The maximum atomic E-state index is 4.40. The lowest BCUT2D eigenvalue weighted by atomic mass is 10.1. The van der Waals surface area contributed by atoms with Crippen molar-refractivity contribution in [3.05, 3.63) is 36.5 Å². The summed E-state index contributed by atoms with van der Waals surface area (Å²) in [4.78, 5) is 10.6. The topological polar surface area (TPSA) is 41.1 Å². The van der Waals surface area contributed by atoms with Crippen molar-refractivity contribution in [2.24, 2.45) is 0 Å². The van der Waals surface area contributed by atoms with Gasteiger partial charge in [-0.15, -0.1) is 0 Å². The molecule has 0 spiro atoms. The Morgan fingerprint density at radius 2 is 1.76 bits per heavy atom. The van der Waals surface area contributed by atoms with Crippen molar-refractivity contribution in [3.63, 3.8) is 0 Å². The fourth-order valence-electron chi connectivity index (χ4n) is 1.57. The van der Waals surface area contributed by atoms with E-state index in [-0.39, 0.29) is 0 Å². The van der Waals surface area contributed by atoms with Gasteiger partial charge in [-0.1, -0.05) is 12.1 Å². The van der Waals surface area contributed by atoms with Crippen molar-refractivity contribution in [2.75, 3.05) is 31.4 Å². The molecule has 0 saturated heterocycles. The van der Waals surface area contributed by atoms with Crippen LogP contribution in [-0.4, -0.2) is 31.1 Å². The Hall–Kier alpha value is -2.10. The van der Waals surface area contributed by atoms with Gasteiger partial charge in [0.05, 0.1) is 5.69 Å². The minimum Gasteiger partial charge on any atom is -0.378 e. The van der Waals surface area contributed by atoms with E-state index in [1.54, 1.807) is 6.20 Å². The molecule has 0 unspecified atom stereocenters. The highest BCUT2D eigenvalue weighted by Gasteiger charge is 2.01. The summed E-state index contributed by atoms with van der Waals surface area (Å²) in [5.74, 6) is 0.638. The van der Waals surface area contributed by atoms with Gasteiger partial charge < -0.3 is 10.2 Å². The molecule has 0 saturated carbocycles. The van der Waals surface area contributed by atoms with Crippen LogP contribution >= 0.6 is 0 Å². The number of benzene rings is 1. The zero-order valence-corrected chi connectivity index (χ0v) is 10.3. The van der Waals surface area contributed by atoms with E-state index in [0.717, 1.165) is 11.3 Å². The van der Waals surface area contributed by atoms with Gasteiger partial charge in [0.2, 0.25) is 5.95 Å². The van der Waals surface area contributed by atoms with E-state index in [1.165, 1.54) is 5.69 Å². The Labute approximate surface area is 101 Å². The van der Waals surface area contributed by atoms with E-state index >= 15 is 0 Å². The molecular weight excluding hydrogens is 212 g/mol. The molecule has 1 aromatic heterocycles. The van der Waals surface area contributed by atoms with Gasteiger partial charge in [-0.05, 0) is 18.2 Å². The van der Waals surface area contributed by atoms with Crippen LogP contribution in [0.25, 0.3) is 11.3 Å². The lowest BCUT2D eigenvalue weighted by molar-refractivity contribution is 1.13. The van der Waals surface area contributed by atoms with Crippen LogP contribution in [0.15, 0.2) is 36.5 Å². The number of hydrogen-bond acceptors (Lipinski definition) is 4. The van der Waals surface area contributed by atoms with E-state index in [0.29, 0.717) is 5.95 Å². The number of rotatable bonds is 3. The maximum Gasteiger partial charge on any atom is 0.222 e. The molecule has 17 heavy (non-hydrogen) atoms. The minimum absolute atomic E-state index is 0.638. The largest absolute Gasteiger partial charge is 0.378 e. The van der Waals surface area contributed by atoms with Gasteiger partial charge in [-0.3, -0.25) is 0 Å². The van der Waals surface area contributed by atoms with Crippen LogP contribution < -0.4 is 10.2 Å². The van der Waals surface area contributed by atoms with Gasteiger partial charge in [0, 0.05) is 38.6 Å². The summed E-state index contributed by atoms with van der Waals surface area (Å²) < 4.78 is 0. The van der Waals surface area contributed by atoms with Crippen molar-refractivity contribution < 1.29 is 0 Å². The molecule has 1 heterocycles. The van der Waals surface area contributed by atoms with Crippen LogP contribution in [0.5, 0.6) is 0 Å². The van der Waals surface area contributed by atoms with E-state index in [4.69, 9.17) is 0 Å². The molecule has 1 N–H and O–H groups in total. The summed E-state index contributed by atoms with van der Waals surface area (Å²) >= 11 is 0. The smallest absolute Gasteiger partial charge is 0.222 e. The average Bonchev–Trinajstić information content (AvgIpc) is 2.39. The maximum absolute atomic E-state index is 4.40. The minimum atomic E-state index is 0.638. The highest BCUT2D eigenvalue weighted by atomic mass is 15.1. The lowest BCUT2D eigenvalue weighted by Gasteiger charge is -2.12. The summed E-state index contributed by atoms with van der Waals surface area (Å²) in [6.07, 6.45) is 1.76. The standard InChI is InChI=1S/C13H16N4/c1-14-13-15-9-8-12(16-13)10-4-6-11(7-5-10)17(2)3/h4-9H,1-3H3,(H,14,15,16). The Morgan fingerprint density at radius 3 is 2.35 bits per heavy atom. The summed E-state index contributed by atoms with van der Waals surface area (Å²) in [6, 6.07) is 10.2. The third-order valence-electron chi connectivity index (χ3n) is 2.56. The van der Waals surface area contributed by atoms with Crippen LogP contribution in [0, 0.1) is 0 Å². The van der Waals surface area contributed by atoms with Gasteiger partial charge in [-0.2, -0.15) is 0 Å². The Kier molecular flexibility index (Phi) is 3.23. The van der Waals surface area contributed by atoms with E-state index in [2.05, 4.69) is 44.5 Å². The normalized spacial score (nSPS) is 10.1. The first-order valence-corrected chi connectivity index (χ1v) is 5.49. The fourth-order valence-corrected chi connectivity index (χ4v) is 1.57. The van der Waals surface area contributed by atoms with Crippen LogP contribution in [0.2, 0.25) is 0 Å². The summed E-state index contributed by atoms with van der Waals surface area (Å²) in [6.45, 7) is 0. The van der Waals surface area contributed by atoms with Gasteiger partial charge >= 0.3 is 0 Å². The number of nitrogens with one attached hydrogen (secondary N) is 1. The van der Waals surface area contributed by atoms with E-state index in [9.17, 15) is 0 Å². The Morgan fingerprint density at radius 1 is 1.06 bits per heavy atom. The van der Waals surface area contributed by atoms with Gasteiger partial charge in [0.25, 0.3) is 0 Å². The molecule has 0 fully saturated rings. The highest BCUT2D eigenvalue weighted by molar-refractivity contribution is 5.63. The molecule has 1 aromatic carbocycles. The first-order chi connectivity index (χ1) is 8.20. The third kappa shape index (κ3) is 2.53. The molecule has 0 radical (unpaired) electrons. The SMILES string of the molecule is CNc1nccc(-c2ccc(N(C)C)cc2)n1. The quantitative estimate of drug-likeness (QED) is 0.874. The fraction of sp³-hybridized carbons (Fsp3) is 0.231. The number of anilines is 2. The molecular formula is C13H16N4. The number of aromatic nitrogens is 2. The molecule has 0 aliphatic heterocycles. The van der Waals surface area contributed by atoms with Crippen molar-refractivity contribution in [3.8, 4) is 11.3 Å². The predicted molar refractivity (Wildman–Crippen MR) is 71.3 cm³/mol. The molecule has 2 aromatic rings. The highest BCUT2D eigenvalue weighted by Crippen LogP contribution is 2.20. The average molecular weight is 228 g/mol. The van der Waals surface area contributed by atoms with Crippen LogP contribution in [0.3, 0.4) is 0 Å². The molecule has 0 aliphatic rings. The van der Waals surface area contributed by atoms with Gasteiger partial charge in [0.1, 0.15) is 0 Å². The molecule has 88 valence electrons. The molecule has 0 atom stereocenters. The number of hydrogen-bond donors (Lipinski definition) is 1. The van der Waals surface area contributed by atoms with Crippen molar-refractivity contribution >= 4 is 11.6 Å². The monoisotopic (exact) mass is 228 g/mol. The molecule has 0 bridgehead atoms. The van der Waals surface area contributed by atoms with E-state index in [1.807, 2.05) is 27.2 Å². The number of nitrogens with zero attached hydrogens (tertiary/aromatic N) is 3. The zero-order chi connectivity index (χ0) is 12.3. The van der Waals surface area contributed by atoms with Crippen molar-refractivity contribution in [1.82, 2.24) is 9.97 Å². The molecule has 0 aliphatic carbocycles. The first-order valence-electron chi connectivity index (χ1n) is 5.49. The van der Waals surface area contributed by atoms with Crippen LogP contribution in [0.4, 0.5) is 11.6 Å². The summed E-state index contributed by atoms with van der Waals surface area (Å²) in [7, 11) is 5.87. The second kappa shape index (κ2) is 4.82. The van der Waals surface area contributed by atoms with Crippen molar-refractivity contribution in [1.29, 1.82) is 0 Å². The zero-order valence-electron chi connectivity index (χ0n) is 10.3. The predicted octanol–water partition coefficient (Wildman–Crippen LogP) is 2.25. The lowest BCUT2D eigenvalue weighted by Crippen LogP contribution is -2.08. The van der Waals surface area contributed by atoms with Crippen LogP contribution in [-0.2, 0) is 0 Å². The second-order valence-electron chi connectivity index (χ2n) is 3.96. The Bertz CT molecular complexity index is 491. The summed E-state index contributed by atoms with van der Waals surface area (Å²) in [5, 5.41) is 2.94. The van der Waals surface area contributed by atoms with Gasteiger partial charge in [0.15, 0.2) is 0 Å². The summed E-state index contributed by atoms with van der Waals surface area (Å²) in [5.41, 5.74) is 3.20. The molecule has 4 nitrogen and oxygen atoms in total. The second-order valence-corrected chi connectivity index (χ2v) is 3.96. The molecule has 0 amide bonds. The molecule has 4 heteroatoms. The van der Waals surface area contributed by atoms with Gasteiger partial charge in [-0.25, -0.2) is 9.97 Å². The first kappa shape index (κ1) is 11.4. The van der Waals surface area contributed by atoms with E-state index < -0.39 is 0 Å². The van der Waals surface area contributed by atoms with Crippen LogP contribution in [0.1, 0.15) is 0 Å². The third-order valence-corrected chi connectivity index (χ3v) is 2.56. The molecule has 2 rings (SSSR count). The van der Waals surface area contributed by atoms with Crippen molar-refractivity contribution in [2.45, 2.75) is 0 Å². The Balaban J connectivity index is 2.32.